The van der Waals surface area contributed by atoms with Crippen LogP contribution < -0.4 is 10.0 Å². The minimum absolute atomic E-state index is 0.187. The molecule has 1 amide bonds. The average Bonchev–Trinajstić information content (AvgIpc) is 2.70. The number of hydrogen-bond donors (Lipinski definition) is 2. The first-order chi connectivity index (χ1) is 13.8. The summed E-state index contributed by atoms with van der Waals surface area (Å²) >= 11 is 5.86. The van der Waals surface area contributed by atoms with Crippen molar-refractivity contribution in [3.63, 3.8) is 0 Å². The summed E-state index contributed by atoms with van der Waals surface area (Å²) in [5.41, 5.74) is 2.91. The van der Waals surface area contributed by atoms with Gasteiger partial charge in [-0.25, -0.2) is 8.42 Å². The SMILES string of the molecule is Cc1ccc(S(=O)(=O)Nc2ccc(C(=O)NCCc3ccc(Cl)cc3)cc2)cc1. The van der Waals surface area contributed by atoms with E-state index in [1.165, 1.54) is 0 Å². The van der Waals surface area contributed by atoms with Crippen LogP contribution in [0, 0.1) is 6.92 Å². The zero-order chi connectivity index (χ0) is 20.9. The van der Waals surface area contributed by atoms with Gasteiger partial charge in [-0.3, -0.25) is 9.52 Å². The van der Waals surface area contributed by atoms with Crippen molar-refractivity contribution in [2.75, 3.05) is 11.3 Å². The van der Waals surface area contributed by atoms with Crippen molar-refractivity contribution in [2.24, 2.45) is 0 Å². The zero-order valence-corrected chi connectivity index (χ0v) is 17.4. The summed E-state index contributed by atoms with van der Waals surface area (Å²) in [5, 5.41) is 3.53. The summed E-state index contributed by atoms with van der Waals surface area (Å²) in [5.74, 6) is -0.216. The summed E-state index contributed by atoms with van der Waals surface area (Å²) < 4.78 is 27.4. The van der Waals surface area contributed by atoms with Crippen molar-refractivity contribution in [1.82, 2.24) is 5.32 Å². The molecule has 0 aromatic heterocycles. The number of benzene rings is 3. The van der Waals surface area contributed by atoms with Crippen LogP contribution >= 0.6 is 11.6 Å². The van der Waals surface area contributed by atoms with Gasteiger partial charge < -0.3 is 5.32 Å². The normalized spacial score (nSPS) is 11.1. The molecule has 0 saturated carbocycles. The van der Waals surface area contributed by atoms with Crippen molar-refractivity contribution in [3.8, 4) is 0 Å². The van der Waals surface area contributed by atoms with Gasteiger partial charge in [0.25, 0.3) is 15.9 Å². The van der Waals surface area contributed by atoms with Crippen LogP contribution in [0.3, 0.4) is 0 Å². The third kappa shape index (κ3) is 5.82. The summed E-state index contributed by atoms with van der Waals surface area (Å²) in [4.78, 5) is 12.5. The molecule has 0 fully saturated rings. The van der Waals surface area contributed by atoms with E-state index in [-0.39, 0.29) is 10.8 Å². The number of sulfonamides is 1. The van der Waals surface area contributed by atoms with Crippen molar-refractivity contribution < 1.29 is 13.2 Å². The van der Waals surface area contributed by atoms with Gasteiger partial charge in [-0.05, 0) is 67.4 Å². The van der Waals surface area contributed by atoms with Gasteiger partial charge in [0.2, 0.25) is 0 Å². The smallest absolute Gasteiger partial charge is 0.261 e. The third-order valence-electron chi connectivity index (χ3n) is 4.34. The molecule has 0 aliphatic rings. The Bertz CT molecular complexity index is 1080. The van der Waals surface area contributed by atoms with Gasteiger partial charge in [0.15, 0.2) is 0 Å². The van der Waals surface area contributed by atoms with Crippen LogP contribution in [-0.2, 0) is 16.4 Å². The van der Waals surface area contributed by atoms with Gasteiger partial charge in [-0.1, -0.05) is 41.4 Å². The maximum absolute atomic E-state index is 12.4. The maximum Gasteiger partial charge on any atom is 0.261 e. The molecule has 5 nitrogen and oxygen atoms in total. The Balaban J connectivity index is 1.56. The maximum atomic E-state index is 12.4. The number of carbonyl (C=O) groups excluding carboxylic acids is 1. The lowest BCUT2D eigenvalue weighted by molar-refractivity contribution is 0.0954. The summed E-state index contributed by atoms with van der Waals surface area (Å²) in [6.45, 7) is 2.38. The lowest BCUT2D eigenvalue weighted by atomic mass is 10.1. The highest BCUT2D eigenvalue weighted by molar-refractivity contribution is 7.92. The molecular formula is C22H21ClN2O3S. The molecule has 0 bridgehead atoms. The number of anilines is 1. The van der Waals surface area contributed by atoms with Crippen molar-refractivity contribution >= 4 is 33.2 Å². The van der Waals surface area contributed by atoms with Crippen LogP contribution in [0.15, 0.2) is 77.7 Å². The van der Waals surface area contributed by atoms with E-state index in [9.17, 15) is 13.2 Å². The number of halogens is 1. The molecule has 2 N–H and O–H groups in total. The van der Waals surface area contributed by atoms with Crippen LogP contribution in [0.1, 0.15) is 21.5 Å². The number of amides is 1. The predicted octanol–water partition coefficient (Wildman–Crippen LogP) is 4.42. The number of aryl methyl sites for hydroxylation is 1. The fraction of sp³-hybridized carbons (Fsp3) is 0.136. The van der Waals surface area contributed by atoms with Gasteiger partial charge in [0.05, 0.1) is 4.90 Å². The molecule has 150 valence electrons. The van der Waals surface area contributed by atoms with E-state index >= 15 is 0 Å². The molecule has 0 aliphatic heterocycles. The topological polar surface area (TPSA) is 75.3 Å². The van der Waals surface area contributed by atoms with Gasteiger partial charge in [-0.15, -0.1) is 0 Å². The van der Waals surface area contributed by atoms with Gasteiger partial charge in [0, 0.05) is 22.8 Å². The van der Waals surface area contributed by atoms with E-state index in [2.05, 4.69) is 10.0 Å². The Labute approximate surface area is 175 Å². The molecule has 0 spiro atoms. The first kappa shape index (κ1) is 20.9. The molecule has 7 heteroatoms. The molecule has 0 saturated heterocycles. The molecule has 3 aromatic carbocycles. The fourth-order valence-corrected chi connectivity index (χ4v) is 3.88. The summed E-state index contributed by atoms with van der Waals surface area (Å²) in [6.07, 6.45) is 0.692. The number of hydrogen-bond acceptors (Lipinski definition) is 3. The second kappa shape index (κ2) is 9.11. The molecular weight excluding hydrogens is 408 g/mol. The first-order valence-corrected chi connectivity index (χ1v) is 10.9. The molecule has 3 rings (SSSR count). The van der Waals surface area contributed by atoms with Crippen LogP contribution in [0.5, 0.6) is 0 Å². The second-order valence-electron chi connectivity index (χ2n) is 6.63. The molecule has 3 aromatic rings. The van der Waals surface area contributed by atoms with E-state index in [4.69, 9.17) is 11.6 Å². The lowest BCUT2D eigenvalue weighted by Gasteiger charge is -2.10. The predicted molar refractivity (Wildman–Crippen MR) is 116 cm³/mol. The molecule has 29 heavy (non-hydrogen) atoms. The Hall–Kier alpha value is -2.83. The molecule has 0 unspecified atom stereocenters. The fourth-order valence-electron chi connectivity index (χ4n) is 2.69. The standard InChI is InChI=1S/C22H21ClN2O3S/c1-16-2-12-21(13-3-16)29(27,28)25-20-10-6-18(7-11-20)22(26)24-15-14-17-4-8-19(23)9-5-17/h2-13,25H,14-15H2,1H3,(H,24,26). The first-order valence-electron chi connectivity index (χ1n) is 9.06. The Morgan fingerprint density at radius 1 is 0.897 bits per heavy atom. The number of carbonyl (C=O) groups is 1. The molecule has 0 atom stereocenters. The molecule has 0 aliphatic carbocycles. The zero-order valence-electron chi connectivity index (χ0n) is 15.9. The molecule has 0 radical (unpaired) electrons. The Morgan fingerprint density at radius 2 is 1.52 bits per heavy atom. The van der Waals surface area contributed by atoms with Gasteiger partial charge >= 0.3 is 0 Å². The monoisotopic (exact) mass is 428 g/mol. The van der Waals surface area contributed by atoms with Crippen molar-refractivity contribution in [1.29, 1.82) is 0 Å². The minimum atomic E-state index is -3.67. The van der Waals surface area contributed by atoms with Crippen molar-refractivity contribution in [2.45, 2.75) is 18.2 Å². The number of rotatable bonds is 7. The van der Waals surface area contributed by atoms with Crippen LogP contribution in [0.25, 0.3) is 0 Å². The van der Waals surface area contributed by atoms with Gasteiger partial charge in [-0.2, -0.15) is 0 Å². The Kier molecular flexibility index (Phi) is 6.56. The minimum Gasteiger partial charge on any atom is -0.352 e. The van der Waals surface area contributed by atoms with Crippen LogP contribution in [-0.4, -0.2) is 20.9 Å². The van der Waals surface area contributed by atoms with Crippen LogP contribution in [0.2, 0.25) is 5.02 Å². The highest BCUT2D eigenvalue weighted by Gasteiger charge is 2.14. The largest absolute Gasteiger partial charge is 0.352 e. The molecule has 0 heterocycles. The Morgan fingerprint density at radius 3 is 2.14 bits per heavy atom. The highest BCUT2D eigenvalue weighted by atomic mass is 35.5. The van der Waals surface area contributed by atoms with Gasteiger partial charge in [0.1, 0.15) is 0 Å². The summed E-state index contributed by atoms with van der Waals surface area (Å²) in [7, 11) is -3.67. The van der Waals surface area contributed by atoms with Crippen molar-refractivity contribution in [3.05, 3.63) is 94.5 Å². The highest BCUT2D eigenvalue weighted by Crippen LogP contribution is 2.17. The number of nitrogens with one attached hydrogen (secondary N) is 2. The third-order valence-corrected chi connectivity index (χ3v) is 5.99. The lowest BCUT2D eigenvalue weighted by Crippen LogP contribution is -2.25. The van der Waals surface area contributed by atoms with Crippen LogP contribution in [0.4, 0.5) is 5.69 Å². The van der Waals surface area contributed by atoms with E-state index in [1.807, 2.05) is 31.2 Å². The second-order valence-corrected chi connectivity index (χ2v) is 8.75. The van der Waals surface area contributed by atoms with E-state index in [1.54, 1.807) is 48.5 Å². The van der Waals surface area contributed by atoms with E-state index < -0.39 is 10.0 Å². The average molecular weight is 429 g/mol. The van der Waals surface area contributed by atoms with E-state index in [0.29, 0.717) is 29.2 Å². The van der Waals surface area contributed by atoms with E-state index in [0.717, 1.165) is 11.1 Å². The quantitative estimate of drug-likeness (QED) is 0.584. The summed E-state index contributed by atoms with van der Waals surface area (Å²) in [6, 6.07) is 20.4.